The lowest BCUT2D eigenvalue weighted by Crippen LogP contribution is -2.57. The molecule has 0 spiro atoms. The Morgan fingerprint density at radius 1 is 0.972 bits per heavy atom. The maximum atomic E-state index is 12.6. The van der Waals surface area contributed by atoms with Crippen LogP contribution in [0.2, 0.25) is 0 Å². The number of hydrogen-bond donors (Lipinski definition) is 4. The van der Waals surface area contributed by atoms with Crippen LogP contribution in [0.3, 0.4) is 0 Å². The molecule has 36 heavy (non-hydrogen) atoms. The van der Waals surface area contributed by atoms with Crippen LogP contribution in [0.25, 0.3) is 0 Å². The lowest BCUT2D eigenvalue weighted by Gasteiger charge is -2.24. The number of benzene rings is 1. The zero-order chi connectivity index (χ0) is 26.8. The Hall–Kier alpha value is -4.20. The van der Waals surface area contributed by atoms with Crippen LogP contribution in [-0.2, 0) is 44.8 Å². The number of primary amides is 1. The van der Waals surface area contributed by atoms with E-state index in [0.29, 0.717) is 5.01 Å². The molecule has 0 saturated carbocycles. The SMILES string of the molecule is CCOC(=O)[C@@H]1O[C@H]1C(=O)N(CC(N)=O)NC(=O)[C@H](C)NC(=O)[C@H](C)NC(=O)OCc1ccccc1. The Kier molecular flexibility index (Phi) is 10.2. The molecular formula is C22H29N5O9. The molecule has 14 nitrogen and oxygen atoms in total. The third-order valence-electron chi connectivity index (χ3n) is 4.77. The number of hydrogen-bond acceptors (Lipinski definition) is 9. The monoisotopic (exact) mass is 507 g/mol. The maximum absolute atomic E-state index is 12.6. The summed E-state index contributed by atoms with van der Waals surface area (Å²) >= 11 is 0. The van der Waals surface area contributed by atoms with E-state index < -0.39 is 66.5 Å². The smallest absolute Gasteiger partial charge is 0.408 e. The normalized spacial score (nSPS) is 17.5. The molecular weight excluding hydrogens is 478 g/mol. The highest BCUT2D eigenvalue weighted by Gasteiger charge is 2.53. The van der Waals surface area contributed by atoms with Crippen molar-refractivity contribution in [3.63, 3.8) is 0 Å². The number of epoxide rings is 1. The van der Waals surface area contributed by atoms with Gasteiger partial charge < -0.3 is 30.6 Å². The van der Waals surface area contributed by atoms with Gasteiger partial charge in [0.25, 0.3) is 11.8 Å². The van der Waals surface area contributed by atoms with Crippen LogP contribution in [0.5, 0.6) is 0 Å². The average molecular weight is 508 g/mol. The number of esters is 1. The third-order valence-corrected chi connectivity index (χ3v) is 4.77. The van der Waals surface area contributed by atoms with Crippen LogP contribution in [0, 0.1) is 0 Å². The molecule has 0 unspecified atom stereocenters. The first-order valence-electron chi connectivity index (χ1n) is 11.0. The van der Waals surface area contributed by atoms with E-state index in [9.17, 15) is 28.8 Å². The van der Waals surface area contributed by atoms with Gasteiger partial charge in [0, 0.05) is 0 Å². The first-order valence-corrected chi connectivity index (χ1v) is 11.0. The fourth-order valence-electron chi connectivity index (χ4n) is 2.83. The van der Waals surface area contributed by atoms with Crippen LogP contribution in [-0.4, -0.2) is 78.1 Å². The summed E-state index contributed by atoms with van der Waals surface area (Å²) in [4.78, 5) is 72.4. The van der Waals surface area contributed by atoms with Crippen LogP contribution >= 0.6 is 0 Å². The number of alkyl carbamates (subject to hydrolysis) is 1. The summed E-state index contributed by atoms with van der Waals surface area (Å²) in [5.41, 5.74) is 8.06. The molecule has 1 aliphatic rings. The molecule has 196 valence electrons. The Morgan fingerprint density at radius 2 is 1.61 bits per heavy atom. The Balaban J connectivity index is 1.85. The van der Waals surface area contributed by atoms with Gasteiger partial charge in [-0.25, -0.2) is 14.6 Å². The summed E-state index contributed by atoms with van der Waals surface area (Å²) in [5, 5.41) is 5.30. The van der Waals surface area contributed by atoms with Gasteiger partial charge in [0.1, 0.15) is 25.2 Å². The summed E-state index contributed by atoms with van der Waals surface area (Å²) < 4.78 is 14.8. The molecule has 0 bridgehead atoms. The van der Waals surface area contributed by atoms with Crippen molar-refractivity contribution >= 4 is 35.7 Å². The summed E-state index contributed by atoms with van der Waals surface area (Å²) in [6, 6.07) is 6.67. The predicted molar refractivity (Wildman–Crippen MR) is 121 cm³/mol. The van der Waals surface area contributed by atoms with Crippen LogP contribution in [0.15, 0.2) is 30.3 Å². The predicted octanol–water partition coefficient (Wildman–Crippen LogP) is -1.52. The molecule has 4 atom stereocenters. The van der Waals surface area contributed by atoms with Gasteiger partial charge in [-0.1, -0.05) is 30.3 Å². The fraction of sp³-hybridized carbons (Fsp3) is 0.455. The molecule has 1 aliphatic heterocycles. The molecule has 0 aromatic heterocycles. The topological polar surface area (TPSA) is 199 Å². The number of nitrogens with two attached hydrogens (primary N) is 1. The first kappa shape index (κ1) is 28.0. The number of rotatable bonds is 11. The first-order chi connectivity index (χ1) is 17.0. The van der Waals surface area contributed by atoms with Crippen LogP contribution in [0.4, 0.5) is 4.79 Å². The van der Waals surface area contributed by atoms with Crippen molar-refractivity contribution in [1.29, 1.82) is 0 Å². The zero-order valence-corrected chi connectivity index (χ0v) is 20.0. The average Bonchev–Trinajstić information content (AvgIpc) is 3.63. The minimum Gasteiger partial charge on any atom is -0.464 e. The van der Waals surface area contributed by atoms with Crippen molar-refractivity contribution in [3.8, 4) is 0 Å². The second kappa shape index (κ2) is 13.0. The van der Waals surface area contributed by atoms with Gasteiger partial charge >= 0.3 is 12.1 Å². The van der Waals surface area contributed by atoms with Gasteiger partial charge in [0.2, 0.25) is 11.8 Å². The summed E-state index contributed by atoms with van der Waals surface area (Å²) in [6.07, 6.45) is -3.24. The van der Waals surface area contributed by atoms with Crippen molar-refractivity contribution < 1.29 is 43.0 Å². The third kappa shape index (κ3) is 8.54. The highest BCUT2D eigenvalue weighted by atomic mass is 16.6. The highest BCUT2D eigenvalue weighted by Crippen LogP contribution is 2.25. The molecule has 1 fully saturated rings. The number of carbonyl (C=O) groups is 6. The molecule has 1 saturated heterocycles. The number of nitrogens with one attached hydrogen (secondary N) is 3. The van der Waals surface area contributed by atoms with Gasteiger partial charge in [0.15, 0.2) is 12.2 Å². The quantitative estimate of drug-likeness (QED) is 0.156. The molecule has 5 N–H and O–H groups in total. The Bertz CT molecular complexity index is 987. The van der Waals surface area contributed by atoms with E-state index in [1.165, 1.54) is 13.8 Å². The molecule has 1 aromatic rings. The van der Waals surface area contributed by atoms with E-state index in [2.05, 4.69) is 16.1 Å². The largest absolute Gasteiger partial charge is 0.464 e. The molecule has 0 aliphatic carbocycles. The van der Waals surface area contributed by atoms with Gasteiger partial charge in [-0.3, -0.25) is 24.6 Å². The molecule has 1 heterocycles. The van der Waals surface area contributed by atoms with E-state index >= 15 is 0 Å². The van der Waals surface area contributed by atoms with E-state index in [1.54, 1.807) is 31.2 Å². The zero-order valence-electron chi connectivity index (χ0n) is 20.0. The van der Waals surface area contributed by atoms with E-state index in [0.717, 1.165) is 5.56 Å². The fourth-order valence-corrected chi connectivity index (χ4v) is 2.83. The van der Waals surface area contributed by atoms with Crippen molar-refractivity contribution in [3.05, 3.63) is 35.9 Å². The summed E-state index contributed by atoms with van der Waals surface area (Å²) in [5.74, 6) is -4.18. The number of amides is 5. The van der Waals surface area contributed by atoms with Crippen molar-refractivity contribution in [2.75, 3.05) is 13.2 Å². The van der Waals surface area contributed by atoms with Crippen molar-refractivity contribution in [1.82, 2.24) is 21.1 Å². The summed E-state index contributed by atoms with van der Waals surface area (Å²) in [6.45, 7) is 3.66. The van der Waals surface area contributed by atoms with E-state index in [1.807, 2.05) is 6.07 Å². The minimum atomic E-state index is -1.25. The Morgan fingerprint density at radius 3 is 2.22 bits per heavy atom. The standard InChI is InChI=1S/C22H29N5O9/c1-4-34-21(32)17-16(36-17)20(31)27(10-15(23)28)26-19(30)13(3)24-18(29)12(2)25-22(33)35-11-14-8-6-5-7-9-14/h5-9,12-13,16-17H,4,10-11H2,1-3H3,(H2,23,28)(H,24,29)(H,25,33)(H,26,30)/t12-,13-,16+,17+/m0/s1. The maximum Gasteiger partial charge on any atom is 0.408 e. The molecule has 5 amide bonds. The summed E-state index contributed by atoms with van der Waals surface area (Å²) in [7, 11) is 0. The van der Waals surface area contributed by atoms with Gasteiger partial charge in [-0.15, -0.1) is 0 Å². The number of nitrogens with zero attached hydrogens (tertiary/aromatic N) is 1. The number of ether oxygens (including phenoxy) is 3. The second-order valence-corrected chi connectivity index (χ2v) is 7.75. The molecule has 14 heteroatoms. The lowest BCUT2D eigenvalue weighted by atomic mass is 10.2. The van der Waals surface area contributed by atoms with Gasteiger partial charge in [-0.05, 0) is 26.3 Å². The molecule has 1 aromatic carbocycles. The lowest BCUT2D eigenvalue weighted by molar-refractivity contribution is -0.146. The van der Waals surface area contributed by atoms with Gasteiger partial charge in [0.05, 0.1) is 6.61 Å². The highest BCUT2D eigenvalue weighted by molar-refractivity contribution is 5.96. The molecule has 0 radical (unpaired) electrons. The second-order valence-electron chi connectivity index (χ2n) is 7.75. The van der Waals surface area contributed by atoms with E-state index in [-0.39, 0.29) is 13.2 Å². The van der Waals surface area contributed by atoms with Gasteiger partial charge in [-0.2, -0.15) is 0 Å². The van der Waals surface area contributed by atoms with Crippen LogP contribution < -0.4 is 21.8 Å². The van der Waals surface area contributed by atoms with E-state index in [4.69, 9.17) is 19.9 Å². The number of hydrazine groups is 1. The number of carbonyl (C=O) groups excluding carboxylic acids is 6. The Labute approximate surface area is 206 Å². The van der Waals surface area contributed by atoms with Crippen LogP contribution in [0.1, 0.15) is 26.3 Å². The van der Waals surface area contributed by atoms with Crippen molar-refractivity contribution in [2.45, 2.75) is 51.7 Å². The molecule has 2 rings (SSSR count). The van der Waals surface area contributed by atoms with Crippen molar-refractivity contribution in [2.24, 2.45) is 5.73 Å². The minimum absolute atomic E-state index is 0.00524.